The van der Waals surface area contributed by atoms with Crippen molar-refractivity contribution in [3.63, 3.8) is 0 Å². The summed E-state index contributed by atoms with van der Waals surface area (Å²) in [7, 11) is 0. The summed E-state index contributed by atoms with van der Waals surface area (Å²) in [5.41, 5.74) is 0. The maximum Gasteiger partial charge on any atom is 4.00 e. The van der Waals surface area contributed by atoms with E-state index in [2.05, 4.69) is 12.1 Å². The topological polar surface area (TPSA) is 0 Å². The third-order valence-electron chi connectivity index (χ3n) is 2.33. The van der Waals surface area contributed by atoms with Crippen LogP contribution >= 0.6 is 0 Å². The third-order valence-corrected chi connectivity index (χ3v) is 2.33. The molecule has 0 N–H and O–H groups in total. The number of hydrogen-bond donors (Lipinski definition) is 0. The molecule has 0 atom stereocenters. The molecule has 0 heterocycles. The Hall–Kier alpha value is -1.98. The summed E-state index contributed by atoms with van der Waals surface area (Å²) in [4.78, 5) is 0. The predicted molar refractivity (Wildman–Crippen MR) is 94.6 cm³/mol. The van der Waals surface area contributed by atoms with Crippen molar-refractivity contribution in [3.05, 3.63) is 133 Å². The Morgan fingerprint density at radius 1 is 0.391 bits per heavy atom. The summed E-state index contributed by atoms with van der Waals surface area (Å²) in [5.74, 6) is 0. The van der Waals surface area contributed by atoms with Crippen molar-refractivity contribution in [2.24, 2.45) is 0 Å². The summed E-state index contributed by atoms with van der Waals surface area (Å²) in [6.45, 7) is 0. The van der Waals surface area contributed by atoms with Crippen molar-refractivity contribution in [1.29, 1.82) is 0 Å². The number of benzene rings is 2. The van der Waals surface area contributed by atoms with Gasteiger partial charge in [-0.25, -0.2) is 24.3 Å². The fourth-order valence-electron chi connectivity index (χ4n) is 1.33. The van der Waals surface area contributed by atoms with E-state index < -0.39 is 0 Å². The first-order chi connectivity index (χ1) is 11.0. The molecule has 0 amide bonds. The van der Waals surface area contributed by atoms with Gasteiger partial charge in [-0.3, -0.25) is 0 Å². The summed E-state index contributed by atoms with van der Waals surface area (Å²) < 4.78 is 0. The Labute approximate surface area is 159 Å². The molecule has 4 aromatic carbocycles. The molecule has 4 aromatic rings. The molecule has 0 aromatic heterocycles. The predicted octanol–water partition coefficient (Wildman–Crippen LogP) is 5.78. The van der Waals surface area contributed by atoms with Gasteiger partial charge in [-0.15, -0.1) is 0 Å². The van der Waals surface area contributed by atoms with E-state index in [-0.39, 0.29) is 26.2 Å². The van der Waals surface area contributed by atoms with E-state index in [1.807, 2.05) is 121 Å². The molecule has 4 rings (SSSR count). The molecule has 23 heavy (non-hydrogen) atoms. The second kappa shape index (κ2) is 18.1. The van der Waals surface area contributed by atoms with E-state index in [9.17, 15) is 0 Å². The van der Waals surface area contributed by atoms with Gasteiger partial charge in [-0.1, -0.05) is 0 Å². The van der Waals surface area contributed by atoms with Crippen LogP contribution in [0.2, 0.25) is 0 Å². The van der Waals surface area contributed by atoms with Crippen LogP contribution in [0.15, 0.2) is 121 Å². The monoisotopic (exact) mass is 374 g/mol. The van der Waals surface area contributed by atoms with Gasteiger partial charge in [0, 0.05) is 0 Å². The molecule has 0 aliphatic rings. The molecule has 0 spiro atoms. The molecule has 0 aliphatic carbocycles. The second-order valence-electron chi connectivity index (χ2n) is 4.08. The van der Waals surface area contributed by atoms with E-state index in [4.69, 9.17) is 0 Å². The molecule has 0 radical (unpaired) electrons. The zero-order valence-corrected chi connectivity index (χ0v) is 15.5. The Kier molecular flexibility index (Phi) is 16.5. The van der Waals surface area contributed by atoms with Crippen LogP contribution in [0.3, 0.4) is 0 Å². The number of rotatable bonds is 0. The van der Waals surface area contributed by atoms with Crippen LogP contribution in [0.1, 0.15) is 0 Å². The van der Waals surface area contributed by atoms with E-state index in [0.717, 1.165) is 0 Å². The molecular weight excluding hydrogens is 355 g/mol. The minimum Gasteiger partial charge on any atom is -0.214 e. The van der Waals surface area contributed by atoms with Crippen molar-refractivity contribution in [2.45, 2.75) is 0 Å². The first kappa shape index (κ1) is 21.0. The minimum atomic E-state index is 0. The Morgan fingerprint density at radius 2 is 0.696 bits per heavy atom. The molecule has 0 aliphatic heterocycles. The van der Waals surface area contributed by atoms with Gasteiger partial charge in [0.2, 0.25) is 0 Å². The fourth-order valence-corrected chi connectivity index (χ4v) is 1.33. The second-order valence-corrected chi connectivity index (χ2v) is 4.08. The average molecular weight is 376 g/mol. The van der Waals surface area contributed by atoms with Crippen LogP contribution in [-0.4, -0.2) is 0 Å². The van der Waals surface area contributed by atoms with Gasteiger partial charge in [-0.2, -0.15) is 109 Å². The van der Waals surface area contributed by atoms with Crippen molar-refractivity contribution in [3.8, 4) is 0 Å². The normalized spacial score (nSPS) is 7.65. The molecule has 0 bridgehead atoms. The summed E-state index contributed by atoms with van der Waals surface area (Å²) in [5, 5.41) is 0. The van der Waals surface area contributed by atoms with Gasteiger partial charge in [-0.05, 0) is 0 Å². The average Bonchev–Trinajstić information content (AvgIpc) is 3.37. The van der Waals surface area contributed by atoms with Gasteiger partial charge in [0.15, 0.2) is 0 Å². The summed E-state index contributed by atoms with van der Waals surface area (Å²) >= 11 is 0. The van der Waals surface area contributed by atoms with E-state index in [0.29, 0.717) is 0 Å². The van der Waals surface area contributed by atoms with E-state index in [1.54, 1.807) is 0 Å². The summed E-state index contributed by atoms with van der Waals surface area (Å²) in [6.07, 6.45) is 0. The van der Waals surface area contributed by atoms with Crippen LogP contribution in [0.4, 0.5) is 0 Å². The van der Waals surface area contributed by atoms with Gasteiger partial charge < -0.3 is 0 Å². The van der Waals surface area contributed by atoms with Crippen molar-refractivity contribution >= 4 is 0 Å². The SMILES string of the molecule is [Zr+4].[c-]1ccccc1.[c-]1ccccc1.c1cc[cH-]c1.c1cc[cH-]c1. The van der Waals surface area contributed by atoms with Gasteiger partial charge >= 0.3 is 26.2 Å². The van der Waals surface area contributed by atoms with Crippen LogP contribution < -0.4 is 0 Å². The Balaban J connectivity index is 0.000000278. The fraction of sp³-hybridized carbons (Fsp3) is 0. The molecule has 0 nitrogen and oxygen atoms in total. The van der Waals surface area contributed by atoms with E-state index in [1.165, 1.54) is 0 Å². The molecule has 0 saturated heterocycles. The van der Waals surface area contributed by atoms with E-state index >= 15 is 0 Å². The van der Waals surface area contributed by atoms with Gasteiger partial charge in [0.05, 0.1) is 0 Å². The van der Waals surface area contributed by atoms with Crippen LogP contribution in [0.25, 0.3) is 0 Å². The van der Waals surface area contributed by atoms with Crippen molar-refractivity contribution in [1.82, 2.24) is 0 Å². The quantitative estimate of drug-likeness (QED) is 0.342. The van der Waals surface area contributed by atoms with Crippen LogP contribution in [-0.2, 0) is 26.2 Å². The van der Waals surface area contributed by atoms with Gasteiger partial charge in [0.1, 0.15) is 0 Å². The largest absolute Gasteiger partial charge is 4.00 e. The summed E-state index contributed by atoms with van der Waals surface area (Å²) in [6, 6.07) is 45.0. The molecular formula is C22H20Zr. The molecule has 0 unspecified atom stereocenters. The molecule has 0 saturated carbocycles. The Bertz CT molecular complexity index is 435. The first-order valence-electron chi connectivity index (χ1n) is 7.15. The first-order valence-corrected chi connectivity index (χ1v) is 7.15. The van der Waals surface area contributed by atoms with Crippen LogP contribution in [0, 0.1) is 12.1 Å². The zero-order chi connectivity index (χ0) is 15.6. The molecule has 1 heteroatoms. The zero-order valence-electron chi connectivity index (χ0n) is 13.0. The smallest absolute Gasteiger partial charge is 0.214 e. The standard InChI is InChI=1S/2C6H5.2C5H5.Zr/c2*1-2-4-6-5-3-1;2*1-2-4-5-3-1;/h2*1-5H;2*1-5H;/q4*-1;+4. The Morgan fingerprint density at radius 3 is 0.783 bits per heavy atom. The third kappa shape index (κ3) is 16.2. The van der Waals surface area contributed by atoms with Crippen molar-refractivity contribution in [2.75, 3.05) is 0 Å². The molecule has 0 fully saturated rings. The minimum absolute atomic E-state index is 0. The maximum atomic E-state index is 2.89. The van der Waals surface area contributed by atoms with Crippen LogP contribution in [0.5, 0.6) is 0 Å². The number of hydrogen-bond acceptors (Lipinski definition) is 0. The van der Waals surface area contributed by atoms with Crippen molar-refractivity contribution < 1.29 is 26.2 Å². The van der Waals surface area contributed by atoms with Gasteiger partial charge in [0.25, 0.3) is 0 Å². The molecule has 112 valence electrons. The maximum absolute atomic E-state index is 2.89.